The Balaban J connectivity index is 2.17. The molecule has 1 aliphatic rings. The summed E-state index contributed by atoms with van der Waals surface area (Å²) in [5.41, 5.74) is -1.69. The average molecular weight is 414 g/mol. The van der Waals surface area contributed by atoms with Crippen LogP contribution < -0.4 is 0 Å². The number of hydrogen-bond acceptors (Lipinski definition) is 4. The molecule has 0 saturated heterocycles. The Labute approximate surface area is 158 Å². The van der Waals surface area contributed by atoms with Crippen molar-refractivity contribution in [1.29, 1.82) is 0 Å². The molecular weight excluding hydrogens is 393 g/mol. The molecule has 1 aliphatic heterocycles. The van der Waals surface area contributed by atoms with Gasteiger partial charge >= 0.3 is 6.09 Å². The Morgan fingerprint density at radius 3 is 2.88 bits per heavy atom. The van der Waals surface area contributed by atoms with E-state index in [4.69, 9.17) is 10.2 Å². The SMILES string of the molecule is [2H]C1([2H])c2[nH]c(-c3ccnc(Br)c3F)cc2C(=O)N(C(=O)OC(C)(C)C)C1([2H])[2H]. The number of nitrogens with one attached hydrogen (secondary N) is 1. The summed E-state index contributed by atoms with van der Waals surface area (Å²) in [6, 6.07) is 2.49. The lowest BCUT2D eigenvalue weighted by Crippen LogP contribution is -2.44. The van der Waals surface area contributed by atoms with E-state index in [0.717, 1.165) is 0 Å². The lowest BCUT2D eigenvalue weighted by atomic mass is 10.1. The molecule has 2 amide bonds. The van der Waals surface area contributed by atoms with Crippen LogP contribution in [0.3, 0.4) is 0 Å². The number of aromatic amines is 1. The van der Waals surface area contributed by atoms with Gasteiger partial charge < -0.3 is 9.72 Å². The number of fused-ring (bicyclic) bond motifs is 1. The zero-order valence-electron chi connectivity index (χ0n) is 17.6. The Bertz CT molecular complexity index is 1020. The normalized spacial score (nSPS) is 20.8. The Kier molecular flexibility index (Phi) is 3.26. The maximum Gasteiger partial charge on any atom is 0.417 e. The number of nitrogens with zero attached hydrogens (tertiary/aromatic N) is 2. The van der Waals surface area contributed by atoms with E-state index in [2.05, 4.69) is 25.9 Å². The Morgan fingerprint density at radius 1 is 1.48 bits per heavy atom. The second-order valence-electron chi connectivity index (χ2n) is 6.29. The van der Waals surface area contributed by atoms with Crippen LogP contribution >= 0.6 is 15.9 Å². The summed E-state index contributed by atoms with van der Waals surface area (Å²) in [6.07, 6.45) is -2.82. The van der Waals surface area contributed by atoms with Gasteiger partial charge in [-0.15, -0.1) is 0 Å². The van der Waals surface area contributed by atoms with Crippen LogP contribution in [0.15, 0.2) is 22.9 Å². The zero-order valence-corrected chi connectivity index (χ0v) is 15.2. The fraction of sp³-hybridized carbons (Fsp3) is 0.353. The minimum Gasteiger partial charge on any atom is -0.443 e. The Morgan fingerprint density at radius 2 is 2.20 bits per heavy atom. The molecule has 2 aromatic heterocycles. The van der Waals surface area contributed by atoms with Gasteiger partial charge in [0, 0.05) is 38.8 Å². The molecular formula is C17H17BrFN3O3. The molecule has 2 aromatic rings. The molecule has 0 bridgehead atoms. The molecule has 0 aliphatic carbocycles. The second-order valence-corrected chi connectivity index (χ2v) is 7.04. The number of H-pyrrole nitrogens is 1. The van der Waals surface area contributed by atoms with Crippen molar-refractivity contribution in [3.05, 3.63) is 40.0 Å². The van der Waals surface area contributed by atoms with E-state index < -0.39 is 42.0 Å². The van der Waals surface area contributed by atoms with Gasteiger partial charge in [-0.25, -0.2) is 19.1 Å². The van der Waals surface area contributed by atoms with Gasteiger partial charge in [0.05, 0.1) is 8.30 Å². The van der Waals surface area contributed by atoms with E-state index in [-0.39, 0.29) is 26.3 Å². The van der Waals surface area contributed by atoms with Crippen LogP contribution in [0, 0.1) is 5.82 Å². The summed E-state index contributed by atoms with van der Waals surface area (Å²) >= 11 is 2.95. The van der Waals surface area contributed by atoms with Crippen molar-refractivity contribution in [3.8, 4) is 11.3 Å². The van der Waals surface area contributed by atoms with Crippen molar-refractivity contribution in [2.75, 3.05) is 6.50 Å². The molecule has 132 valence electrons. The van der Waals surface area contributed by atoms with Crippen molar-refractivity contribution in [2.45, 2.75) is 32.7 Å². The zero-order chi connectivity index (χ0) is 21.9. The lowest BCUT2D eigenvalue weighted by molar-refractivity contribution is 0.0233. The molecule has 0 fully saturated rings. The maximum absolute atomic E-state index is 14.4. The fourth-order valence-electron chi connectivity index (χ4n) is 2.21. The summed E-state index contributed by atoms with van der Waals surface area (Å²) in [5.74, 6) is -1.84. The van der Waals surface area contributed by atoms with Crippen LogP contribution in [0.5, 0.6) is 0 Å². The number of ether oxygens (including phenoxy) is 1. The summed E-state index contributed by atoms with van der Waals surface area (Å²) in [6.45, 7) is 1.55. The van der Waals surface area contributed by atoms with Crippen LogP contribution in [-0.4, -0.2) is 39.0 Å². The highest BCUT2D eigenvalue weighted by molar-refractivity contribution is 9.10. The van der Waals surface area contributed by atoms with E-state index in [0.29, 0.717) is 0 Å². The maximum atomic E-state index is 14.4. The van der Waals surface area contributed by atoms with Gasteiger partial charge in [0.2, 0.25) is 0 Å². The highest BCUT2D eigenvalue weighted by atomic mass is 79.9. The first-order chi connectivity index (χ1) is 13.2. The summed E-state index contributed by atoms with van der Waals surface area (Å²) in [5, 5.41) is 0. The highest BCUT2D eigenvalue weighted by Crippen LogP contribution is 2.30. The predicted molar refractivity (Wildman–Crippen MR) is 92.7 cm³/mol. The lowest BCUT2D eigenvalue weighted by Gasteiger charge is -2.28. The van der Waals surface area contributed by atoms with Crippen molar-refractivity contribution in [3.63, 3.8) is 0 Å². The molecule has 6 nitrogen and oxygen atoms in total. The van der Waals surface area contributed by atoms with E-state index in [9.17, 15) is 14.0 Å². The minimum absolute atomic E-state index is 0.00532. The van der Waals surface area contributed by atoms with Gasteiger partial charge in [-0.3, -0.25) is 4.79 Å². The standard InChI is InChI=1S/C17H17BrFN3O3/c1-17(2,3)25-16(24)22-7-5-11-10(15(22)23)8-12(21-11)9-4-6-20-14(18)13(9)19/h4,6,8,21H,5,7H2,1-3H3/i5D2,7D2. The molecule has 0 aromatic carbocycles. The molecule has 8 heteroatoms. The molecule has 0 saturated carbocycles. The summed E-state index contributed by atoms with van der Waals surface area (Å²) in [7, 11) is 0. The molecule has 3 rings (SSSR count). The largest absolute Gasteiger partial charge is 0.443 e. The molecule has 25 heavy (non-hydrogen) atoms. The van der Waals surface area contributed by atoms with Crippen LogP contribution in [0.1, 0.15) is 42.3 Å². The van der Waals surface area contributed by atoms with Crippen molar-refractivity contribution in [1.82, 2.24) is 14.9 Å². The van der Waals surface area contributed by atoms with E-state index in [1.807, 2.05) is 0 Å². The monoisotopic (exact) mass is 413 g/mol. The number of amides is 2. The van der Waals surface area contributed by atoms with Gasteiger partial charge in [-0.05, 0) is 48.8 Å². The number of aryl methyl sites for hydroxylation is 1. The van der Waals surface area contributed by atoms with Crippen LogP contribution in [0.25, 0.3) is 11.3 Å². The third-order valence-electron chi connectivity index (χ3n) is 3.26. The third kappa shape index (κ3) is 3.44. The molecule has 0 spiro atoms. The smallest absolute Gasteiger partial charge is 0.417 e. The van der Waals surface area contributed by atoms with Crippen LogP contribution in [0.4, 0.5) is 9.18 Å². The Hall–Kier alpha value is -2.22. The number of imide groups is 1. The first-order valence-electron chi connectivity index (χ1n) is 9.30. The predicted octanol–water partition coefficient (Wildman–Crippen LogP) is 3.91. The van der Waals surface area contributed by atoms with E-state index >= 15 is 0 Å². The van der Waals surface area contributed by atoms with Gasteiger partial charge in [0.1, 0.15) is 10.2 Å². The number of halogens is 2. The first kappa shape index (κ1) is 13.0. The van der Waals surface area contributed by atoms with Crippen LogP contribution in [-0.2, 0) is 11.1 Å². The number of aromatic nitrogens is 2. The molecule has 1 N–H and O–H groups in total. The van der Waals surface area contributed by atoms with Gasteiger partial charge in [-0.2, -0.15) is 0 Å². The van der Waals surface area contributed by atoms with Gasteiger partial charge in [0.15, 0.2) is 5.82 Å². The first-order valence-corrected chi connectivity index (χ1v) is 8.09. The number of pyridine rings is 1. The van der Waals surface area contributed by atoms with E-state index in [1.165, 1.54) is 39.1 Å². The summed E-state index contributed by atoms with van der Waals surface area (Å²) < 4.78 is 52.3. The number of carbonyl (C=O) groups excluding carboxylic acids is 2. The number of rotatable bonds is 1. The van der Waals surface area contributed by atoms with E-state index in [1.54, 1.807) is 0 Å². The minimum atomic E-state index is -3.06. The van der Waals surface area contributed by atoms with Crippen molar-refractivity contribution in [2.24, 2.45) is 0 Å². The van der Waals surface area contributed by atoms with Crippen LogP contribution in [0.2, 0.25) is 0 Å². The third-order valence-corrected chi connectivity index (χ3v) is 3.81. The molecule has 3 heterocycles. The topological polar surface area (TPSA) is 75.3 Å². The quantitative estimate of drug-likeness (QED) is 0.718. The molecule has 0 atom stereocenters. The second kappa shape index (κ2) is 6.25. The van der Waals surface area contributed by atoms with Crippen molar-refractivity contribution >= 4 is 27.9 Å². The van der Waals surface area contributed by atoms with Crippen molar-refractivity contribution < 1.29 is 24.2 Å². The molecule has 0 unspecified atom stereocenters. The molecule has 0 radical (unpaired) electrons. The fourth-order valence-corrected chi connectivity index (χ4v) is 2.54. The highest BCUT2D eigenvalue weighted by Gasteiger charge is 2.34. The van der Waals surface area contributed by atoms with Gasteiger partial charge in [-0.1, -0.05) is 0 Å². The van der Waals surface area contributed by atoms with Gasteiger partial charge in [0.25, 0.3) is 5.91 Å². The summed E-state index contributed by atoms with van der Waals surface area (Å²) in [4.78, 5) is 31.9. The number of carbonyl (C=O) groups is 2. The number of hydrogen-bond donors (Lipinski definition) is 1. The average Bonchev–Trinajstić information content (AvgIpc) is 3.00.